The Labute approximate surface area is 128 Å². The fourth-order valence-electron chi connectivity index (χ4n) is 2.64. The van der Waals surface area contributed by atoms with Crippen LogP contribution in [-0.2, 0) is 17.6 Å². The van der Waals surface area contributed by atoms with E-state index >= 15 is 0 Å². The average molecular weight is 292 g/mol. The number of ether oxygens (including phenoxy) is 2. The number of carbonyl (C=O) groups is 1. The monoisotopic (exact) mass is 292 g/mol. The molecule has 0 fully saturated rings. The van der Waals surface area contributed by atoms with E-state index in [0.717, 1.165) is 43.5 Å². The molecule has 0 heterocycles. The van der Waals surface area contributed by atoms with E-state index in [1.807, 2.05) is 6.07 Å². The third kappa shape index (κ3) is 4.48. The molecule has 2 atom stereocenters. The number of benzene rings is 1. The summed E-state index contributed by atoms with van der Waals surface area (Å²) in [5.41, 5.74) is 2.52. The zero-order valence-corrected chi connectivity index (χ0v) is 13.9. The molecule has 0 bridgehead atoms. The minimum Gasteiger partial charge on any atom is -0.493 e. The van der Waals surface area contributed by atoms with Gasteiger partial charge >= 0.3 is 0 Å². The van der Waals surface area contributed by atoms with Crippen LogP contribution in [0, 0.1) is 11.8 Å². The minimum atomic E-state index is 0.132. The van der Waals surface area contributed by atoms with E-state index in [1.54, 1.807) is 14.2 Å². The van der Waals surface area contributed by atoms with Crippen molar-refractivity contribution in [2.24, 2.45) is 11.8 Å². The third-order valence-electron chi connectivity index (χ3n) is 4.38. The number of methoxy groups -OCH3 is 2. The molecule has 1 aromatic rings. The van der Waals surface area contributed by atoms with E-state index < -0.39 is 0 Å². The van der Waals surface area contributed by atoms with Gasteiger partial charge in [-0.1, -0.05) is 27.2 Å². The van der Waals surface area contributed by atoms with Crippen molar-refractivity contribution in [2.75, 3.05) is 14.2 Å². The molecule has 0 unspecified atom stereocenters. The number of hydrogen-bond donors (Lipinski definition) is 0. The van der Waals surface area contributed by atoms with Crippen molar-refractivity contribution in [3.05, 3.63) is 23.3 Å². The first-order valence-electron chi connectivity index (χ1n) is 7.80. The van der Waals surface area contributed by atoms with Crippen molar-refractivity contribution in [2.45, 2.75) is 46.5 Å². The lowest BCUT2D eigenvalue weighted by Crippen LogP contribution is -2.14. The summed E-state index contributed by atoms with van der Waals surface area (Å²) in [5.74, 6) is 2.10. The Morgan fingerprint density at radius 1 is 1.10 bits per heavy atom. The number of rotatable bonds is 9. The summed E-state index contributed by atoms with van der Waals surface area (Å²) in [7, 11) is 3.31. The van der Waals surface area contributed by atoms with E-state index in [9.17, 15) is 4.79 Å². The first kappa shape index (κ1) is 17.5. The van der Waals surface area contributed by atoms with Gasteiger partial charge in [0.1, 0.15) is 6.29 Å². The Balaban J connectivity index is 2.93. The Morgan fingerprint density at radius 2 is 1.67 bits per heavy atom. The highest BCUT2D eigenvalue weighted by Gasteiger charge is 2.16. The molecule has 0 N–H and O–H groups in total. The maximum Gasteiger partial charge on any atom is 0.161 e. The standard InChI is InChI=1S/C18H28O3/c1-6-13(3)16(12-19)9-8-15-11-18(21-5)17(20-4)10-14(15)7-2/h10-13,16H,6-9H2,1-5H3/t13-,16-/m0/s1. The smallest absolute Gasteiger partial charge is 0.161 e. The van der Waals surface area contributed by atoms with Gasteiger partial charge in [-0.3, -0.25) is 0 Å². The Bertz CT molecular complexity index is 454. The van der Waals surface area contributed by atoms with E-state index in [0.29, 0.717) is 5.92 Å². The van der Waals surface area contributed by atoms with Gasteiger partial charge in [0.2, 0.25) is 0 Å². The molecule has 3 nitrogen and oxygen atoms in total. The molecule has 21 heavy (non-hydrogen) atoms. The highest BCUT2D eigenvalue weighted by Crippen LogP contribution is 2.32. The fraction of sp³-hybridized carbons (Fsp3) is 0.611. The summed E-state index contributed by atoms with van der Waals surface area (Å²) in [5, 5.41) is 0. The first-order valence-corrected chi connectivity index (χ1v) is 7.80. The van der Waals surface area contributed by atoms with Crippen LogP contribution in [0.3, 0.4) is 0 Å². The zero-order valence-electron chi connectivity index (χ0n) is 13.9. The molecule has 1 aromatic carbocycles. The van der Waals surface area contributed by atoms with Crippen LogP contribution in [0.5, 0.6) is 11.5 Å². The quantitative estimate of drug-likeness (QED) is 0.644. The summed E-state index contributed by atoms with van der Waals surface area (Å²) >= 11 is 0. The van der Waals surface area contributed by atoms with Crippen molar-refractivity contribution in [3.63, 3.8) is 0 Å². The maximum atomic E-state index is 11.3. The second kappa shape index (κ2) is 8.71. The van der Waals surface area contributed by atoms with Gasteiger partial charge in [0.05, 0.1) is 14.2 Å². The van der Waals surface area contributed by atoms with Crippen LogP contribution in [0.1, 0.15) is 44.7 Å². The van der Waals surface area contributed by atoms with Crippen molar-refractivity contribution < 1.29 is 14.3 Å². The summed E-state index contributed by atoms with van der Waals surface area (Å²) in [4.78, 5) is 11.3. The van der Waals surface area contributed by atoms with Gasteiger partial charge in [-0.2, -0.15) is 0 Å². The van der Waals surface area contributed by atoms with Crippen LogP contribution in [0.15, 0.2) is 12.1 Å². The van der Waals surface area contributed by atoms with E-state index in [4.69, 9.17) is 9.47 Å². The maximum absolute atomic E-state index is 11.3. The molecule has 0 aliphatic carbocycles. The normalized spacial score (nSPS) is 13.6. The highest BCUT2D eigenvalue weighted by atomic mass is 16.5. The van der Waals surface area contributed by atoms with Crippen LogP contribution in [0.25, 0.3) is 0 Å². The molecule has 0 radical (unpaired) electrons. The number of carbonyl (C=O) groups excluding carboxylic acids is 1. The van der Waals surface area contributed by atoms with Gasteiger partial charge in [0.25, 0.3) is 0 Å². The Kier molecular flexibility index (Phi) is 7.27. The predicted molar refractivity (Wildman–Crippen MR) is 86.3 cm³/mol. The molecule has 0 aromatic heterocycles. The molecule has 3 heteroatoms. The lowest BCUT2D eigenvalue weighted by molar-refractivity contribution is -0.112. The third-order valence-corrected chi connectivity index (χ3v) is 4.38. The molecule has 0 saturated carbocycles. The van der Waals surface area contributed by atoms with Crippen LogP contribution >= 0.6 is 0 Å². The van der Waals surface area contributed by atoms with Gasteiger partial charge in [-0.15, -0.1) is 0 Å². The molecule has 1 rings (SSSR count). The molecule has 0 aliphatic rings. The highest BCUT2D eigenvalue weighted by molar-refractivity contribution is 5.54. The predicted octanol–water partition coefficient (Wildman–Crippen LogP) is 4.06. The summed E-state index contributed by atoms with van der Waals surface area (Å²) in [6, 6.07) is 4.10. The summed E-state index contributed by atoms with van der Waals surface area (Å²) in [6.45, 7) is 6.42. The van der Waals surface area contributed by atoms with E-state index in [1.165, 1.54) is 11.1 Å². The number of hydrogen-bond acceptors (Lipinski definition) is 3. The Hall–Kier alpha value is -1.51. The van der Waals surface area contributed by atoms with Crippen molar-refractivity contribution in [1.82, 2.24) is 0 Å². The second-order valence-electron chi connectivity index (χ2n) is 5.55. The van der Waals surface area contributed by atoms with Crippen LogP contribution < -0.4 is 9.47 Å². The minimum absolute atomic E-state index is 0.132. The molecule has 0 amide bonds. The zero-order chi connectivity index (χ0) is 15.8. The van der Waals surface area contributed by atoms with Gasteiger partial charge in [0, 0.05) is 5.92 Å². The second-order valence-corrected chi connectivity index (χ2v) is 5.55. The SMILES string of the molecule is CCc1cc(OC)c(OC)cc1CC[C@@H](C=O)[C@@H](C)CC. The lowest BCUT2D eigenvalue weighted by Gasteiger charge is -2.19. The van der Waals surface area contributed by atoms with E-state index in [-0.39, 0.29) is 5.92 Å². The van der Waals surface area contributed by atoms with Gasteiger partial charge < -0.3 is 14.3 Å². The van der Waals surface area contributed by atoms with Crippen molar-refractivity contribution in [3.8, 4) is 11.5 Å². The molecule has 118 valence electrons. The molecule has 0 saturated heterocycles. The molecule has 0 spiro atoms. The summed E-state index contributed by atoms with van der Waals surface area (Å²) in [6.07, 6.45) is 4.89. The average Bonchev–Trinajstić information content (AvgIpc) is 2.54. The van der Waals surface area contributed by atoms with Crippen LogP contribution in [0.4, 0.5) is 0 Å². The first-order chi connectivity index (χ1) is 10.1. The number of aldehydes is 1. The van der Waals surface area contributed by atoms with Gasteiger partial charge in [-0.05, 0) is 48.4 Å². The molecular weight excluding hydrogens is 264 g/mol. The number of aryl methyl sites for hydroxylation is 2. The van der Waals surface area contributed by atoms with Gasteiger partial charge in [0.15, 0.2) is 11.5 Å². The van der Waals surface area contributed by atoms with E-state index in [2.05, 4.69) is 26.8 Å². The van der Waals surface area contributed by atoms with Crippen LogP contribution in [-0.4, -0.2) is 20.5 Å². The topological polar surface area (TPSA) is 35.5 Å². The largest absolute Gasteiger partial charge is 0.493 e. The van der Waals surface area contributed by atoms with Gasteiger partial charge in [-0.25, -0.2) is 0 Å². The molecular formula is C18H28O3. The van der Waals surface area contributed by atoms with Crippen molar-refractivity contribution >= 4 is 6.29 Å². The fourth-order valence-corrected chi connectivity index (χ4v) is 2.64. The Morgan fingerprint density at radius 3 is 2.10 bits per heavy atom. The molecule has 0 aliphatic heterocycles. The lowest BCUT2D eigenvalue weighted by atomic mass is 9.87. The van der Waals surface area contributed by atoms with Crippen LogP contribution in [0.2, 0.25) is 0 Å². The summed E-state index contributed by atoms with van der Waals surface area (Å²) < 4.78 is 10.7. The van der Waals surface area contributed by atoms with Crippen molar-refractivity contribution in [1.29, 1.82) is 0 Å².